The van der Waals surface area contributed by atoms with E-state index in [0.29, 0.717) is 6.04 Å². The van der Waals surface area contributed by atoms with E-state index in [4.69, 9.17) is 9.98 Å². The third kappa shape index (κ3) is 2.73. The summed E-state index contributed by atoms with van der Waals surface area (Å²) in [6, 6.07) is 0.543. The Kier molecular flexibility index (Phi) is 5.19. The van der Waals surface area contributed by atoms with Crippen LogP contribution in [0.15, 0.2) is 9.98 Å². The Balaban J connectivity index is 0.00000157. The highest BCUT2D eigenvalue weighted by Gasteiger charge is 2.64. The molecular formula is C20H32IN3S. The molecule has 1 spiro atoms. The van der Waals surface area contributed by atoms with Crippen LogP contribution >= 0.6 is 35.7 Å². The van der Waals surface area contributed by atoms with E-state index in [-0.39, 0.29) is 29.5 Å². The van der Waals surface area contributed by atoms with Crippen molar-refractivity contribution in [1.29, 1.82) is 0 Å². The third-order valence-electron chi connectivity index (χ3n) is 7.85. The molecule has 0 atom stereocenters. The molecule has 0 aromatic heterocycles. The molecule has 0 N–H and O–H groups in total. The highest BCUT2D eigenvalue weighted by atomic mass is 127. The molecule has 1 aliphatic heterocycles. The lowest BCUT2D eigenvalue weighted by molar-refractivity contribution is -0.0666. The van der Waals surface area contributed by atoms with Crippen LogP contribution in [0.3, 0.4) is 0 Å². The Hall–Kier alpha value is 0.220. The molecule has 140 valence electrons. The van der Waals surface area contributed by atoms with Crippen LogP contribution in [-0.2, 0) is 0 Å². The number of amidine groups is 2. The molecule has 0 aromatic carbocycles. The minimum absolute atomic E-state index is 0. The van der Waals surface area contributed by atoms with Gasteiger partial charge >= 0.3 is 0 Å². The van der Waals surface area contributed by atoms with Gasteiger partial charge in [-0.05, 0) is 74.9 Å². The molecule has 4 bridgehead atoms. The number of hydrogen-bond donors (Lipinski definition) is 0. The van der Waals surface area contributed by atoms with Crippen LogP contribution in [-0.4, -0.2) is 40.8 Å². The van der Waals surface area contributed by atoms with E-state index in [1.54, 1.807) is 0 Å². The average Bonchev–Trinajstić information content (AvgIpc) is 2.86. The van der Waals surface area contributed by atoms with Crippen LogP contribution < -0.4 is 0 Å². The molecule has 5 heteroatoms. The summed E-state index contributed by atoms with van der Waals surface area (Å²) in [5, 5.41) is 1.22. The largest absolute Gasteiger partial charge is 0.341 e. The molecule has 5 saturated carbocycles. The van der Waals surface area contributed by atoms with E-state index in [1.807, 2.05) is 11.8 Å². The molecule has 0 radical (unpaired) electrons. The molecule has 0 unspecified atom stereocenters. The monoisotopic (exact) mass is 473 g/mol. The number of thioether (sulfide) groups is 1. The first-order chi connectivity index (χ1) is 11.7. The van der Waals surface area contributed by atoms with Gasteiger partial charge in [0.05, 0.1) is 6.04 Å². The highest BCUT2D eigenvalue weighted by molar-refractivity contribution is 14.0. The maximum atomic E-state index is 5.36. The summed E-state index contributed by atoms with van der Waals surface area (Å²) in [4.78, 5) is 13.1. The van der Waals surface area contributed by atoms with Crippen molar-refractivity contribution in [2.24, 2.45) is 33.7 Å². The van der Waals surface area contributed by atoms with Crippen molar-refractivity contribution in [2.75, 3.05) is 13.3 Å². The Morgan fingerprint density at radius 2 is 1.60 bits per heavy atom. The van der Waals surface area contributed by atoms with Crippen LogP contribution in [0.2, 0.25) is 0 Å². The molecular weight excluding hydrogens is 441 g/mol. The van der Waals surface area contributed by atoms with Gasteiger partial charge in [0.25, 0.3) is 0 Å². The lowest BCUT2D eigenvalue weighted by atomic mass is 9.48. The fraction of sp³-hybridized carbons (Fsp3) is 0.900. The number of hydrogen-bond acceptors (Lipinski definition) is 3. The molecule has 3 nitrogen and oxygen atoms in total. The zero-order valence-corrected chi connectivity index (χ0v) is 18.8. The van der Waals surface area contributed by atoms with Crippen molar-refractivity contribution in [3.8, 4) is 0 Å². The number of nitrogens with zero attached hydrogens (tertiary/aromatic N) is 3. The molecule has 25 heavy (non-hydrogen) atoms. The van der Waals surface area contributed by atoms with Gasteiger partial charge in [-0.2, -0.15) is 0 Å². The van der Waals surface area contributed by atoms with Crippen molar-refractivity contribution >= 4 is 46.7 Å². The van der Waals surface area contributed by atoms with Crippen molar-refractivity contribution in [3.63, 3.8) is 0 Å². The first-order valence-electron chi connectivity index (χ1n) is 10.2. The van der Waals surface area contributed by atoms with Crippen molar-refractivity contribution < 1.29 is 0 Å². The minimum Gasteiger partial charge on any atom is -0.341 e. The maximum Gasteiger partial charge on any atom is 0.166 e. The van der Waals surface area contributed by atoms with E-state index in [0.717, 1.165) is 23.7 Å². The Bertz CT molecular complexity index is 553. The van der Waals surface area contributed by atoms with Gasteiger partial charge in [-0.1, -0.05) is 31.0 Å². The zero-order chi connectivity index (χ0) is 16.3. The summed E-state index contributed by atoms with van der Waals surface area (Å²) in [5.41, 5.74) is 0.156. The molecule has 0 amide bonds. The molecule has 5 aliphatic carbocycles. The second-order valence-electron chi connectivity index (χ2n) is 9.03. The predicted octanol–water partition coefficient (Wildman–Crippen LogP) is 5.19. The van der Waals surface area contributed by atoms with Gasteiger partial charge in [0.1, 0.15) is 5.54 Å². The summed E-state index contributed by atoms with van der Waals surface area (Å²) in [6.45, 7) is 0. The number of aliphatic imine (C=N–C) groups is 2. The summed E-state index contributed by atoms with van der Waals surface area (Å²) in [5.74, 6) is 4.85. The average molecular weight is 473 g/mol. The van der Waals surface area contributed by atoms with Gasteiger partial charge in [-0.3, -0.25) is 4.99 Å². The SMILES string of the molecule is CSC1=NC(=NC2CCCCC2)C2(C3CC4CC(C3)CC2C4)N1C.I. The summed E-state index contributed by atoms with van der Waals surface area (Å²) in [6.07, 6.45) is 16.1. The predicted molar refractivity (Wildman–Crippen MR) is 118 cm³/mol. The van der Waals surface area contributed by atoms with E-state index < -0.39 is 0 Å². The van der Waals surface area contributed by atoms with E-state index in [1.165, 1.54) is 75.2 Å². The van der Waals surface area contributed by atoms with Crippen LogP contribution in [0.5, 0.6) is 0 Å². The van der Waals surface area contributed by atoms with Crippen molar-refractivity contribution in [1.82, 2.24) is 4.90 Å². The third-order valence-corrected chi connectivity index (χ3v) is 8.58. The van der Waals surface area contributed by atoms with Gasteiger partial charge in [0.2, 0.25) is 0 Å². The number of halogens is 1. The molecule has 5 fully saturated rings. The second-order valence-corrected chi connectivity index (χ2v) is 9.81. The van der Waals surface area contributed by atoms with Gasteiger partial charge in [0.15, 0.2) is 11.0 Å². The van der Waals surface area contributed by atoms with Gasteiger partial charge in [-0.25, -0.2) is 4.99 Å². The van der Waals surface area contributed by atoms with Crippen LogP contribution in [0.1, 0.15) is 64.2 Å². The van der Waals surface area contributed by atoms with E-state index in [2.05, 4.69) is 18.2 Å². The number of likely N-dealkylation sites (N-methyl/N-ethyl adjacent to an activating group) is 1. The van der Waals surface area contributed by atoms with Crippen LogP contribution in [0.4, 0.5) is 0 Å². The zero-order valence-electron chi connectivity index (χ0n) is 15.6. The second kappa shape index (κ2) is 6.99. The van der Waals surface area contributed by atoms with Crippen molar-refractivity contribution in [3.05, 3.63) is 0 Å². The smallest absolute Gasteiger partial charge is 0.166 e. The normalized spacial score (nSPS) is 44.5. The Morgan fingerprint density at radius 3 is 2.16 bits per heavy atom. The summed E-state index contributed by atoms with van der Waals surface area (Å²) in [7, 11) is 2.32. The standard InChI is InChI=1S/C20H31N3S.HI/c1-23-19(24-2)22-18(21-17-6-4-3-5-7-17)20(23)15-9-13-8-14(11-15)12-16(20)10-13;/h13-17H,3-12H2,1-2H3;1H. The Labute approximate surface area is 173 Å². The van der Waals surface area contributed by atoms with E-state index in [9.17, 15) is 0 Å². The maximum absolute atomic E-state index is 5.36. The first kappa shape index (κ1) is 18.6. The van der Waals surface area contributed by atoms with Gasteiger partial charge in [-0.15, -0.1) is 24.0 Å². The van der Waals surface area contributed by atoms with E-state index >= 15 is 0 Å². The molecule has 0 aromatic rings. The number of rotatable bonds is 1. The van der Waals surface area contributed by atoms with Crippen LogP contribution in [0, 0.1) is 23.7 Å². The Morgan fingerprint density at radius 1 is 1.00 bits per heavy atom. The highest BCUT2D eigenvalue weighted by Crippen LogP contribution is 2.62. The van der Waals surface area contributed by atoms with Gasteiger partial charge in [0, 0.05) is 7.05 Å². The summed E-state index contributed by atoms with van der Waals surface area (Å²) >= 11 is 1.82. The lowest BCUT2D eigenvalue weighted by Crippen LogP contribution is -2.67. The first-order valence-corrected chi connectivity index (χ1v) is 11.4. The fourth-order valence-corrected chi connectivity index (χ4v) is 7.68. The molecule has 6 rings (SSSR count). The molecule has 6 aliphatic rings. The molecule has 0 saturated heterocycles. The molecule has 1 heterocycles. The quantitative estimate of drug-likeness (QED) is 0.490. The summed E-state index contributed by atoms with van der Waals surface area (Å²) < 4.78 is 0. The van der Waals surface area contributed by atoms with Crippen molar-refractivity contribution in [2.45, 2.75) is 75.8 Å². The van der Waals surface area contributed by atoms with Gasteiger partial charge < -0.3 is 4.90 Å². The topological polar surface area (TPSA) is 28.0 Å². The van der Waals surface area contributed by atoms with Crippen LogP contribution in [0.25, 0.3) is 0 Å². The fourth-order valence-electron chi connectivity index (χ4n) is 7.08. The minimum atomic E-state index is 0. The lowest BCUT2D eigenvalue weighted by Gasteiger charge is -2.62.